The van der Waals surface area contributed by atoms with E-state index in [1.807, 2.05) is 30.3 Å². The molecule has 3 aromatic rings. The van der Waals surface area contributed by atoms with Crippen LogP contribution in [0.5, 0.6) is 0 Å². The number of aromatic nitrogens is 5. The van der Waals surface area contributed by atoms with Crippen molar-refractivity contribution in [2.75, 3.05) is 0 Å². The van der Waals surface area contributed by atoms with Gasteiger partial charge in [0.2, 0.25) is 0 Å². The van der Waals surface area contributed by atoms with E-state index in [0.717, 1.165) is 16.8 Å². The molecule has 0 aliphatic carbocycles. The molecule has 0 saturated carbocycles. The molecule has 0 spiro atoms. The Bertz CT molecular complexity index is 587. The normalized spacial score (nSPS) is 10.7. The van der Waals surface area contributed by atoms with Gasteiger partial charge in [0.05, 0.1) is 6.20 Å². The van der Waals surface area contributed by atoms with Crippen LogP contribution in [-0.2, 0) is 0 Å². The Morgan fingerprint density at radius 2 is 1.87 bits per heavy atom. The topological polar surface area (TPSA) is 56.0 Å². The molecule has 0 radical (unpaired) electrons. The molecule has 0 aliphatic rings. The van der Waals surface area contributed by atoms with Crippen LogP contribution in [0.1, 0.15) is 0 Å². The van der Waals surface area contributed by atoms with Crippen LogP contribution < -0.4 is 0 Å². The van der Waals surface area contributed by atoms with Gasteiger partial charge < -0.3 is 0 Å². The van der Waals surface area contributed by atoms with E-state index in [-0.39, 0.29) is 0 Å². The van der Waals surface area contributed by atoms with Gasteiger partial charge >= 0.3 is 0 Å². The van der Waals surface area contributed by atoms with Gasteiger partial charge in [-0.1, -0.05) is 35.5 Å². The number of rotatable bonds is 1. The summed E-state index contributed by atoms with van der Waals surface area (Å²) in [5.41, 5.74) is 2.66. The van der Waals surface area contributed by atoms with E-state index in [4.69, 9.17) is 0 Å². The van der Waals surface area contributed by atoms with Crippen LogP contribution in [0.2, 0.25) is 0 Å². The summed E-state index contributed by atoms with van der Waals surface area (Å²) < 4.78 is 1.61. The van der Waals surface area contributed by atoms with Gasteiger partial charge in [-0.25, -0.2) is 0 Å². The second kappa shape index (κ2) is 3.13. The summed E-state index contributed by atoms with van der Waals surface area (Å²) in [5, 5.41) is 15.7. The first-order valence-corrected chi connectivity index (χ1v) is 4.52. The first-order valence-electron chi connectivity index (χ1n) is 4.52. The van der Waals surface area contributed by atoms with Crippen molar-refractivity contribution in [2.24, 2.45) is 0 Å². The molecule has 2 heterocycles. The molecule has 0 N–H and O–H groups in total. The van der Waals surface area contributed by atoms with Gasteiger partial charge in [0.1, 0.15) is 17.5 Å². The predicted molar refractivity (Wildman–Crippen MR) is 54.0 cm³/mol. The van der Waals surface area contributed by atoms with E-state index in [0.29, 0.717) is 0 Å². The Morgan fingerprint density at radius 1 is 1.00 bits per heavy atom. The summed E-state index contributed by atoms with van der Waals surface area (Å²) in [5.74, 6) is 0. The molecule has 0 bridgehead atoms. The third-order valence-corrected chi connectivity index (χ3v) is 2.18. The third-order valence-electron chi connectivity index (χ3n) is 2.18. The molecule has 0 aliphatic heterocycles. The fraction of sp³-hybridized carbons (Fsp3) is 0. The van der Waals surface area contributed by atoms with Gasteiger partial charge in [0.15, 0.2) is 0 Å². The highest BCUT2D eigenvalue weighted by Gasteiger charge is 2.06. The zero-order valence-corrected chi connectivity index (χ0v) is 7.78. The van der Waals surface area contributed by atoms with Crippen molar-refractivity contribution in [2.45, 2.75) is 0 Å². The maximum Gasteiger partial charge on any atom is 0.142 e. The maximum absolute atomic E-state index is 4.10. The Balaban J connectivity index is 2.31. The molecule has 0 amide bonds. The molecule has 5 nitrogen and oxygen atoms in total. The largest absolute Gasteiger partial charge is 0.198 e. The fourth-order valence-corrected chi connectivity index (χ4v) is 1.48. The number of hydrogen-bond acceptors (Lipinski definition) is 4. The van der Waals surface area contributed by atoms with Crippen LogP contribution in [0.25, 0.3) is 16.8 Å². The third kappa shape index (κ3) is 1.25. The number of fused-ring (bicyclic) bond motifs is 1. The van der Waals surface area contributed by atoms with Crippen LogP contribution >= 0.6 is 0 Å². The molecule has 15 heavy (non-hydrogen) atoms. The fourth-order valence-electron chi connectivity index (χ4n) is 1.48. The number of benzene rings is 1. The second-order valence-electron chi connectivity index (χ2n) is 3.11. The average Bonchev–Trinajstić information content (AvgIpc) is 2.78. The molecule has 0 atom stereocenters. The minimum absolute atomic E-state index is 0.795. The zero-order chi connectivity index (χ0) is 10.1. The molecule has 3 rings (SSSR count). The highest BCUT2D eigenvalue weighted by Crippen LogP contribution is 2.19. The highest BCUT2D eigenvalue weighted by atomic mass is 15.4. The maximum atomic E-state index is 4.10. The summed E-state index contributed by atoms with van der Waals surface area (Å²) in [6.45, 7) is 0. The van der Waals surface area contributed by atoms with Crippen molar-refractivity contribution < 1.29 is 0 Å². The van der Waals surface area contributed by atoms with Gasteiger partial charge in [-0.05, 0) is 0 Å². The summed E-state index contributed by atoms with van der Waals surface area (Å²) in [6.07, 6.45) is 3.21. The highest BCUT2D eigenvalue weighted by molar-refractivity contribution is 5.74. The Labute approximate surface area is 85.4 Å². The SMILES string of the molecule is c1ccc(-c2nncn3nncc23)cc1. The molecular weight excluding hydrogens is 190 g/mol. The standard InChI is InChI=1S/C10H7N5/c1-2-4-8(5-3-1)10-9-6-11-14-15(9)7-12-13-10/h1-7H. The van der Waals surface area contributed by atoms with E-state index < -0.39 is 0 Å². The summed E-state index contributed by atoms with van der Waals surface area (Å²) >= 11 is 0. The lowest BCUT2D eigenvalue weighted by Gasteiger charge is -1.99. The van der Waals surface area contributed by atoms with E-state index in [2.05, 4.69) is 20.5 Å². The molecule has 1 aromatic carbocycles. The van der Waals surface area contributed by atoms with Crippen LogP contribution in [0, 0.1) is 0 Å². The van der Waals surface area contributed by atoms with Crippen LogP contribution in [0.15, 0.2) is 42.9 Å². The average molecular weight is 197 g/mol. The molecule has 2 aromatic heterocycles. The van der Waals surface area contributed by atoms with Crippen molar-refractivity contribution in [1.82, 2.24) is 25.0 Å². The molecule has 0 unspecified atom stereocenters. The molecule has 0 fully saturated rings. The van der Waals surface area contributed by atoms with E-state index in [9.17, 15) is 0 Å². The minimum atomic E-state index is 0.795. The Morgan fingerprint density at radius 3 is 2.73 bits per heavy atom. The van der Waals surface area contributed by atoms with E-state index >= 15 is 0 Å². The van der Waals surface area contributed by atoms with Crippen LogP contribution in [0.4, 0.5) is 0 Å². The number of hydrogen-bond donors (Lipinski definition) is 0. The lowest BCUT2D eigenvalue weighted by Crippen LogP contribution is -1.95. The van der Waals surface area contributed by atoms with E-state index in [1.165, 1.54) is 6.33 Å². The first kappa shape index (κ1) is 8.05. The molecule has 5 heteroatoms. The van der Waals surface area contributed by atoms with Crippen molar-refractivity contribution in [3.8, 4) is 11.3 Å². The summed E-state index contributed by atoms with van der Waals surface area (Å²) in [7, 11) is 0. The van der Waals surface area contributed by atoms with Crippen molar-refractivity contribution >= 4 is 5.52 Å². The van der Waals surface area contributed by atoms with Crippen molar-refractivity contribution in [1.29, 1.82) is 0 Å². The molecular formula is C10H7N5. The van der Waals surface area contributed by atoms with Crippen LogP contribution in [-0.4, -0.2) is 25.0 Å². The predicted octanol–water partition coefficient (Wildman–Crippen LogP) is 1.19. The monoisotopic (exact) mass is 197 g/mol. The zero-order valence-electron chi connectivity index (χ0n) is 7.78. The summed E-state index contributed by atoms with van der Waals surface area (Å²) in [4.78, 5) is 0. The second-order valence-corrected chi connectivity index (χ2v) is 3.11. The van der Waals surface area contributed by atoms with Crippen LogP contribution in [0.3, 0.4) is 0 Å². The number of nitrogens with zero attached hydrogens (tertiary/aromatic N) is 5. The first-order chi connectivity index (χ1) is 7.45. The summed E-state index contributed by atoms with van der Waals surface area (Å²) in [6, 6.07) is 9.86. The lowest BCUT2D eigenvalue weighted by atomic mass is 10.1. The smallest absolute Gasteiger partial charge is 0.142 e. The quantitative estimate of drug-likeness (QED) is 0.588. The van der Waals surface area contributed by atoms with Gasteiger partial charge in [-0.2, -0.15) is 4.52 Å². The van der Waals surface area contributed by atoms with Gasteiger partial charge in [-0.3, -0.25) is 0 Å². The van der Waals surface area contributed by atoms with Crippen molar-refractivity contribution in [3.63, 3.8) is 0 Å². The van der Waals surface area contributed by atoms with Gasteiger partial charge in [0.25, 0.3) is 0 Å². The van der Waals surface area contributed by atoms with Crippen molar-refractivity contribution in [3.05, 3.63) is 42.9 Å². The Kier molecular flexibility index (Phi) is 1.68. The van der Waals surface area contributed by atoms with Gasteiger partial charge in [0, 0.05) is 5.56 Å². The lowest BCUT2D eigenvalue weighted by molar-refractivity contribution is 0.809. The van der Waals surface area contributed by atoms with Gasteiger partial charge in [-0.15, -0.1) is 15.3 Å². The Hall–Kier alpha value is -2.30. The molecule has 0 saturated heterocycles. The van der Waals surface area contributed by atoms with E-state index in [1.54, 1.807) is 10.7 Å². The molecule has 72 valence electrons. The minimum Gasteiger partial charge on any atom is -0.198 e.